The molecule has 22 heavy (non-hydrogen) atoms. The van der Waals surface area contributed by atoms with Gasteiger partial charge in [0.1, 0.15) is 6.26 Å². The van der Waals surface area contributed by atoms with E-state index in [0.717, 1.165) is 30.2 Å². The van der Waals surface area contributed by atoms with Crippen molar-refractivity contribution in [3.8, 4) is 0 Å². The summed E-state index contributed by atoms with van der Waals surface area (Å²) in [6, 6.07) is 9.42. The van der Waals surface area contributed by atoms with E-state index in [1.54, 1.807) is 4.90 Å². The van der Waals surface area contributed by atoms with Gasteiger partial charge in [-0.25, -0.2) is 4.79 Å². The average molecular weight is 299 g/mol. The van der Waals surface area contributed by atoms with Crippen LogP contribution >= 0.6 is 0 Å². The standard InChI is InChI=1S/C17H17NO4/c1-11-4-2-5-12(8-11)14-6-3-7-18(14)16(19)15-9-13(10-22-15)17(20)21/h2,4-5,8-10,14H,3,6-7H2,1H3,(H,20,21). The minimum atomic E-state index is -1.10. The van der Waals surface area contributed by atoms with E-state index >= 15 is 0 Å². The lowest BCUT2D eigenvalue weighted by Crippen LogP contribution is -2.30. The molecule has 1 aliphatic rings. The van der Waals surface area contributed by atoms with Crippen molar-refractivity contribution in [3.63, 3.8) is 0 Å². The number of hydrogen-bond donors (Lipinski definition) is 1. The Morgan fingerprint density at radius 2 is 2.14 bits per heavy atom. The molecule has 114 valence electrons. The van der Waals surface area contributed by atoms with E-state index < -0.39 is 5.97 Å². The quantitative estimate of drug-likeness (QED) is 0.944. The average Bonchev–Trinajstić information content (AvgIpc) is 3.16. The second-order valence-corrected chi connectivity index (χ2v) is 5.58. The Balaban J connectivity index is 1.86. The maximum atomic E-state index is 12.6. The van der Waals surface area contributed by atoms with Crippen LogP contribution < -0.4 is 0 Å². The van der Waals surface area contributed by atoms with Gasteiger partial charge in [-0.1, -0.05) is 29.8 Å². The van der Waals surface area contributed by atoms with Crippen LogP contribution in [0.4, 0.5) is 0 Å². The number of benzene rings is 1. The third-order valence-corrected chi connectivity index (χ3v) is 4.00. The van der Waals surface area contributed by atoms with Crippen molar-refractivity contribution in [1.29, 1.82) is 0 Å². The number of nitrogens with zero attached hydrogens (tertiary/aromatic N) is 1. The number of rotatable bonds is 3. The highest BCUT2D eigenvalue weighted by atomic mass is 16.4. The van der Waals surface area contributed by atoms with Crippen molar-refractivity contribution in [3.05, 3.63) is 59.0 Å². The zero-order valence-electron chi connectivity index (χ0n) is 12.3. The molecule has 0 bridgehead atoms. The highest BCUT2D eigenvalue weighted by Gasteiger charge is 2.32. The molecule has 0 spiro atoms. The first-order valence-electron chi connectivity index (χ1n) is 7.25. The van der Waals surface area contributed by atoms with E-state index in [-0.39, 0.29) is 23.3 Å². The summed E-state index contributed by atoms with van der Waals surface area (Å²) in [5.41, 5.74) is 2.26. The molecule has 2 heterocycles. The van der Waals surface area contributed by atoms with Gasteiger partial charge in [-0.2, -0.15) is 0 Å². The van der Waals surface area contributed by atoms with Gasteiger partial charge in [-0.3, -0.25) is 4.79 Å². The van der Waals surface area contributed by atoms with Gasteiger partial charge < -0.3 is 14.4 Å². The Morgan fingerprint density at radius 1 is 1.32 bits per heavy atom. The van der Waals surface area contributed by atoms with Crippen molar-refractivity contribution in [2.75, 3.05) is 6.54 Å². The van der Waals surface area contributed by atoms with Gasteiger partial charge in [0.25, 0.3) is 5.91 Å². The number of aryl methyl sites for hydroxylation is 1. The van der Waals surface area contributed by atoms with Gasteiger partial charge in [-0.05, 0) is 25.3 Å². The van der Waals surface area contributed by atoms with E-state index in [1.807, 2.05) is 25.1 Å². The molecule has 0 radical (unpaired) electrons. The van der Waals surface area contributed by atoms with Crippen molar-refractivity contribution in [1.82, 2.24) is 4.90 Å². The Hall–Kier alpha value is -2.56. The predicted octanol–water partition coefficient (Wildman–Crippen LogP) is 3.26. The van der Waals surface area contributed by atoms with Gasteiger partial charge in [0.2, 0.25) is 0 Å². The fraction of sp³-hybridized carbons (Fsp3) is 0.294. The first-order chi connectivity index (χ1) is 10.6. The van der Waals surface area contributed by atoms with E-state index in [1.165, 1.54) is 6.07 Å². The van der Waals surface area contributed by atoms with E-state index in [4.69, 9.17) is 9.52 Å². The van der Waals surface area contributed by atoms with Crippen molar-refractivity contribution < 1.29 is 19.1 Å². The molecule has 5 heteroatoms. The van der Waals surface area contributed by atoms with Crippen molar-refractivity contribution in [2.24, 2.45) is 0 Å². The number of carboxylic acid groups (broad SMARTS) is 1. The minimum Gasteiger partial charge on any atom is -0.478 e. The largest absolute Gasteiger partial charge is 0.478 e. The second-order valence-electron chi connectivity index (χ2n) is 5.58. The minimum absolute atomic E-state index is 0.00495. The Kier molecular flexibility index (Phi) is 3.71. The molecule has 1 unspecified atom stereocenters. The Labute approximate surface area is 128 Å². The normalized spacial score (nSPS) is 17.7. The number of aromatic carboxylic acids is 1. The van der Waals surface area contributed by atoms with Crippen LogP contribution in [0.5, 0.6) is 0 Å². The fourth-order valence-electron chi connectivity index (χ4n) is 2.94. The molecule has 3 rings (SSSR count). The summed E-state index contributed by atoms with van der Waals surface area (Å²) in [4.78, 5) is 25.3. The maximum Gasteiger partial charge on any atom is 0.338 e. The van der Waals surface area contributed by atoms with Gasteiger partial charge in [0, 0.05) is 12.6 Å². The number of hydrogen-bond acceptors (Lipinski definition) is 3. The lowest BCUT2D eigenvalue weighted by Gasteiger charge is -2.24. The lowest BCUT2D eigenvalue weighted by molar-refractivity contribution is 0.0690. The highest BCUT2D eigenvalue weighted by Crippen LogP contribution is 2.33. The van der Waals surface area contributed by atoms with Crippen LogP contribution in [-0.2, 0) is 0 Å². The summed E-state index contributed by atoms with van der Waals surface area (Å²) >= 11 is 0. The summed E-state index contributed by atoms with van der Waals surface area (Å²) in [6.45, 7) is 2.68. The molecule has 0 aliphatic carbocycles. The molecule has 0 saturated carbocycles. The highest BCUT2D eigenvalue weighted by molar-refractivity contribution is 5.95. The van der Waals surface area contributed by atoms with Crippen LogP contribution in [0.3, 0.4) is 0 Å². The molecule has 2 aromatic rings. The van der Waals surface area contributed by atoms with Gasteiger partial charge in [0.05, 0.1) is 11.6 Å². The van der Waals surface area contributed by atoms with Crippen LogP contribution in [0.15, 0.2) is 41.0 Å². The van der Waals surface area contributed by atoms with Crippen LogP contribution in [0.25, 0.3) is 0 Å². The maximum absolute atomic E-state index is 12.6. The molecular formula is C17H17NO4. The third kappa shape index (κ3) is 2.62. The predicted molar refractivity (Wildman–Crippen MR) is 79.9 cm³/mol. The molecule has 1 aromatic carbocycles. The lowest BCUT2D eigenvalue weighted by atomic mass is 10.0. The number of likely N-dealkylation sites (tertiary alicyclic amines) is 1. The van der Waals surface area contributed by atoms with E-state index in [0.29, 0.717) is 6.54 Å². The van der Waals surface area contributed by atoms with Gasteiger partial charge in [0.15, 0.2) is 5.76 Å². The molecule has 1 aliphatic heterocycles. The van der Waals surface area contributed by atoms with Gasteiger partial charge >= 0.3 is 5.97 Å². The second kappa shape index (κ2) is 5.67. The van der Waals surface area contributed by atoms with Crippen LogP contribution in [-0.4, -0.2) is 28.4 Å². The zero-order chi connectivity index (χ0) is 15.7. The number of amides is 1. The third-order valence-electron chi connectivity index (χ3n) is 4.00. The van der Waals surface area contributed by atoms with E-state index in [2.05, 4.69) is 6.07 Å². The number of carbonyl (C=O) groups is 2. The van der Waals surface area contributed by atoms with Crippen molar-refractivity contribution >= 4 is 11.9 Å². The SMILES string of the molecule is Cc1cccc(C2CCCN2C(=O)c2cc(C(=O)O)co2)c1. The first kappa shape index (κ1) is 14.4. The fourth-order valence-corrected chi connectivity index (χ4v) is 2.94. The molecule has 5 nitrogen and oxygen atoms in total. The summed E-state index contributed by atoms with van der Waals surface area (Å²) in [7, 11) is 0. The molecule has 1 fully saturated rings. The Morgan fingerprint density at radius 3 is 2.82 bits per heavy atom. The summed E-state index contributed by atoms with van der Waals surface area (Å²) < 4.78 is 5.14. The topological polar surface area (TPSA) is 70.8 Å². The van der Waals surface area contributed by atoms with Gasteiger partial charge in [-0.15, -0.1) is 0 Å². The summed E-state index contributed by atoms with van der Waals surface area (Å²) in [5, 5.41) is 8.92. The number of furan rings is 1. The molecule has 1 saturated heterocycles. The van der Waals surface area contributed by atoms with Crippen molar-refractivity contribution in [2.45, 2.75) is 25.8 Å². The van der Waals surface area contributed by atoms with Crippen LogP contribution in [0.1, 0.15) is 50.9 Å². The zero-order valence-corrected chi connectivity index (χ0v) is 12.3. The first-order valence-corrected chi connectivity index (χ1v) is 7.25. The molecule has 1 atom stereocenters. The molecule has 1 amide bonds. The van der Waals surface area contributed by atoms with Crippen LogP contribution in [0.2, 0.25) is 0 Å². The van der Waals surface area contributed by atoms with E-state index in [9.17, 15) is 9.59 Å². The Bertz CT molecular complexity index is 719. The summed E-state index contributed by atoms with van der Waals surface area (Å²) in [6.07, 6.45) is 2.94. The monoisotopic (exact) mass is 299 g/mol. The molecule has 1 N–H and O–H groups in total. The molecule has 1 aromatic heterocycles. The smallest absolute Gasteiger partial charge is 0.338 e. The summed E-state index contributed by atoms with van der Waals surface area (Å²) in [5.74, 6) is -1.27. The number of carboxylic acids is 1. The van der Waals surface area contributed by atoms with Crippen LogP contribution in [0, 0.1) is 6.92 Å². The number of carbonyl (C=O) groups excluding carboxylic acids is 1. The molecular weight excluding hydrogens is 282 g/mol.